The summed E-state index contributed by atoms with van der Waals surface area (Å²) in [4.78, 5) is 0. The van der Waals surface area contributed by atoms with Gasteiger partial charge in [0, 0.05) is 14.1 Å². The summed E-state index contributed by atoms with van der Waals surface area (Å²) in [5, 5.41) is 9.98. The Morgan fingerprint density at radius 1 is 1.50 bits per heavy atom. The highest BCUT2D eigenvalue weighted by atomic mass is 32.9. The lowest BCUT2D eigenvalue weighted by Crippen LogP contribution is -2.38. The standard InChI is InChI=1S/C9H19NOPS2/c1-9(14-12(13)10(2)3)7-5-4-6-8(9)11/h8,11H,4-7H2,1-3H3/q+1/t8?,9-/m0/s1. The van der Waals surface area contributed by atoms with Crippen LogP contribution in [0.3, 0.4) is 0 Å². The molecule has 1 aliphatic carbocycles. The Labute approximate surface area is 96.7 Å². The Morgan fingerprint density at radius 3 is 2.64 bits per heavy atom. The molecule has 2 nitrogen and oxygen atoms in total. The maximum absolute atomic E-state index is 9.98. The molecule has 0 amide bonds. The monoisotopic (exact) mass is 252 g/mol. The zero-order chi connectivity index (χ0) is 10.8. The van der Waals surface area contributed by atoms with Gasteiger partial charge in [-0.2, -0.15) is 0 Å². The molecule has 2 unspecified atom stereocenters. The minimum atomic E-state index is -0.564. The quantitative estimate of drug-likeness (QED) is 0.780. The molecule has 1 N–H and O–H groups in total. The van der Waals surface area contributed by atoms with Gasteiger partial charge in [-0.05, 0) is 19.8 Å². The summed E-state index contributed by atoms with van der Waals surface area (Å²) in [6, 6.07) is -0.564. The topological polar surface area (TPSA) is 23.5 Å². The number of hydrogen-bond donors (Lipinski definition) is 1. The van der Waals surface area contributed by atoms with E-state index < -0.39 is 6.05 Å². The molecule has 0 aromatic heterocycles. The van der Waals surface area contributed by atoms with E-state index >= 15 is 0 Å². The fourth-order valence-corrected chi connectivity index (χ4v) is 6.38. The van der Waals surface area contributed by atoms with E-state index in [9.17, 15) is 5.11 Å². The van der Waals surface area contributed by atoms with Gasteiger partial charge in [0.15, 0.2) is 11.8 Å². The summed E-state index contributed by atoms with van der Waals surface area (Å²) in [6.07, 6.45) is 4.26. The summed E-state index contributed by atoms with van der Waals surface area (Å²) in [5.41, 5.74) is 0. The van der Waals surface area contributed by atoms with E-state index in [1.54, 1.807) is 11.4 Å². The van der Waals surface area contributed by atoms with Crippen molar-refractivity contribution < 1.29 is 5.11 Å². The average Bonchev–Trinajstić information content (AvgIpc) is 2.10. The molecule has 0 aromatic carbocycles. The van der Waals surface area contributed by atoms with Crippen molar-refractivity contribution in [3.63, 3.8) is 0 Å². The molecule has 0 saturated heterocycles. The smallest absolute Gasteiger partial charge is 0.340 e. The Balaban J connectivity index is 2.59. The highest BCUT2D eigenvalue weighted by Gasteiger charge is 2.43. The van der Waals surface area contributed by atoms with Gasteiger partial charge in [0.25, 0.3) is 0 Å². The molecule has 1 fully saturated rings. The molecular formula is C9H19NOPS2+. The third-order valence-electron chi connectivity index (χ3n) is 2.72. The molecule has 0 radical (unpaired) electrons. The van der Waals surface area contributed by atoms with Crippen molar-refractivity contribution in [2.75, 3.05) is 14.1 Å². The summed E-state index contributed by atoms with van der Waals surface area (Å²) in [6.45, 7) is 2.16. The number of aliphatic hydroxyl groups is 1. The number of rotatable bonds is 3. The summed E-state index contributed by atoms with van der Waals surface area (Å²) < 4.78 is 2.08. The highest BCUT2D eigenvalue weighted by Crippen LogP contribution is 2.53. The average molecular weight is 252 g/mol. The van der Waals surface area contributed by atoms with Crippen LogP contribution in [0.1, 0.15) is 32.6 Å². The maximum Gasteiger partial charge on any atom is 0.340 e. The predicted molar refractivity (Wildman–Crippen MR) is 68.4 cm³/mol. The van der Waals surface area contributed by atoms with E-state index in [1.807, 2.05) is 14.1 Å². The van der Waals surface area contributed by atoms with Gasteiger partial charge < -0.3 is 5.11 Å². The van der Waals surface area contributed by atoms with Gasteiger partial charge in [0.05, 0.1) is 10.9 Å². The van der Waals surface area contributed by atoms with E-state index in [0.717, 1.165) is 19.3 Å². The van der Waals surface area contributed by atoms with E-state index in [2.05, 4.69) is 11.6 Å². The lowest BCUT2D eigenvalue weighted by atomic mass is 9.87. The SMILES string of the molecule is CN(C)[P+](=S)S[C@@]1(C)CCCCC1O. The first-order valence-corrected chi connectivity index (χ1v) is 8.70. The molecule has 5 heteroatoms. The second-order valence-electron chi connectivity index (χ2n) is 4.25. The molecule has 14 heavy (non-hydrogen) atoms. The molecule has 0 bridgehead atoms. The highest BCUT2D eigenvalue weighted by molar-refractivity contribution is 8.64. The molecule has 1 saturated carbocycles. The predicted octanol–water partition coefficient (Wildman–Crippen LogP) is 2.75. The maximum atomic E-state index is 9.98. The fraction of sp³-hybridized carbons (Fsp3) is 1.00. The first-order chi connectivity index (χ1) is 6.46. The van der Waals surface area contributed by atoms with Crippen LogP contribution in [-0.2, 0) is 11.8 Å². The Bertz CT molecular complexity index is 225. The number of hydrogen-bond acceptors (Lipinski definition) is 3. The molecule has 3 atom stereocenters. The fourth-order valence-electron chi connectivity index (χ4n) is 1.65. The Kier molecular flexibility index (Phi) is 4.79. The van der Waals surface area contributed by atoms with E-state index in [1.165, 1.54) is 6.42 Å². The largest absolute Gasteiger partial charge is 0.392 e. The van der Waals surface area contributed by atoms with Crippen molar-refractivity contribution in [1.82, 2.24) is 4.67 Å². The lowest BCUT2D eigenvalue weighted by molar-refractivity contribution is 0.0988. The van der Waals surface area contributed by atoms with Gasteiger partial charge in [0.2, 0.25) is 0 Å². The minimum Gasteiger partial charge on any atom is -0.392 e. The molecule has 0 aliphatic heterocycles. The summed E-state index contributed by atoms with van der Waals surface area (Å²) in [5.74, 6) is 0. The van der Waals surface area contributed by atoms with Crippen LogP contribution in [0.4, 0.5) is 0 Å². The van der Waals surface area contributed by atoms with Gasteiger partial charge in [0.1, 0.15) is 11.4 Å². The van der Waals surface area contributed by atoms with E-state index in [0.29, 0.717) is 0 Å². The van der Waals surface area contributed by atoms with Crippen molar-refractivity contribution in [3.05, 3.63) is 0 Å². The van der Waals surface area contributed by atoms with Crippen LogP contribution in [0.5, 0.6) is 0 Å². The van der Waals surface area contributed by atoms with E-state index in [4.69, 9.17) is 11.8 Å². The van der Waals surface area contributed by atoms with Gasteiger partial charge >= 0.3 is 6.05 Å². The van der Waals surface area contributed by atoms with Crippen LogP contribution in [0, 0.1) is 0 Å². The van der Waals surface area contributed by atoms with E-state index in [-0.39, 0.29) is 10.9 Å². The van der Waals surface area contributed by atoms with Crippen LogP contribution >= 0.6 is 17.4 Å². The van der Waals surface area contributed by atoms with Gasteiger partial charge in [-0.25, -0.2) is 0 Å². The summed E-state index contributed by atoms with van der Waals surface area (Å²) >= 11 is 7.20. The van der Waals surface area contributed by atoms with Crippen LogP contribution in [-0.4, -0.2) is 34.7 Å². The third-order valence-corrected chi connectivity index (χ3v) is 8.77. The first-order valence-electron chi connectivity index (χ1n) is 4.97. The van der Waals surface area contributed by atoms with Crippen LogP contribution < -0.4 is 0 Å². The molecule has 0 aromatic rings. The number of aliphatic hydroxyl groups excluding tert-OH is 1. The van der Waals surface area contributed by atoms with Crippen LogP contribution in [0.15, 0.2) is 0 Å². The lowest BCUT2D eigenvalue weighted by Gasteiger charge is -2.34. The third kappa shape index (κ3) is 3.14. The molecule has 82 valence electrons. The normalized spacial score (nSPS) is 34.6. The second-order valence-corrected chi connectivity index (χ2v) is 9.96. The number of nitrogens with zero attached hydrogens (tertiary/aromatic N) is 1. The first kappa shape index (κ1) is 12.9. The summed E-state index contributed by atoms with van der Waals surface area (Å²) in [7, 11) is 4.04. The van der Waals surface area contributed by atoms with Crippen LogP contribution in [0.25, 0.3) is 0 Å². The van der Waals surface area contributed by atoms with Crippen molar-refractivity contribution in [2.24, 2.45) is 0 Å². The second kappa shape index (κ2) is 5.22. The molecule has 0 heterocycles. The van der Waals surface area contributed by atoms with Crippen molar-refractivity contribution in [1.29, 1.82) is 0 Å². The van der Waals surface area contributed by atoms with Gasteiger partial charge in [-0.3, -0.25) is 0 Å². The minimum absolute atomic E-state index is 0.00399. The zero-order valence-electron chi connectivity index (χ0n) is 9.06. The van der Waals surface area contributed by atoms with Crippen molar-refractivity contribution in [2.45, 2.75) is 43.5 Å². The Hall–Kier alpha value is 0.790. The van der Waals surface area contributed by atoms with Crippen LogP contribution in [0.2, 0.25) is 0 Å². The molecule has 0 spiro atoms. The molecule has 1 rings (SSSR count). The van der Waals surface area contributed by atoms with Gasteiger partial charge in [-0.1, -0.05) is 12.8 Å². The molecule has 1 aliphatic rings. The van der Waals surface area contributed by atoms with Crippen molar-refractivity contribution >= 4 is 29.2 Å². The van der Waals surface area contributed by atoms with Gasteiger partial charge in [-0.15, -0.1) is 4.67 Å². The zero-order valence-corrected chi connectivity index (χ0v) is 11.6. The molecular weight excluding hydrogens is 233 g/mol. The Morgan fingerprint density at radius 2 is 2.14 bits per heavy atom. The van der Waals surface area contributed by atoms with Crippen molar-refractivity contribution in [3.8, 4) is 0 Å².